The van der Waals surface area contributed by atoms with Crippen LogP contribution in [-0.4, -0.2) is 36.2 Å². The SMILES string of the molecule is Cc1ccc(C(F)(F)F)cc1[C@H]1CC[C@H](O)[C@@H](N(C)C)C1. The maximum atomic E-state index is 12.9. The van der Waals surface area contributed by atoms with E-state index in [-0.39, 0.29) is 12.0 Å². The van der Waals surface area contributed by atoms with E-state index in [0.717, 1.165) is 23.6 Å². The van der Waals surface area contributed by atoms with Crippen LogP contribution in [0.4, 0.5) is 13.2 Å². The molecule has 1 fully saturated rings. The Morgan fingerprint density at radius 1 is 1.19 bits per heavy atom. The first-order valence-corrected chi connectivity index (χ1v) is 7.22. The molecule has 3 atom stereocenters. The van der Waals surface area contributed by atoms with Crippen LogP contribution in [-0.2, 0) is 6.18 Å². The number of aliphatic hydroxyl groups is 1. The summed E-state index contributed by atoms with van der Waals surface area (Å²) < 4.78 is 38.7. The van der Waals surface area contributed by atoms with Gasteiger partial charge in [0.15, 0.2) is 0 Å². The quantitative estimate of drug-likeness (QED) is 0.902. The van der Waals surface area contributed by atoms with E-state index in [0.29, 0.717) is 12.8 Å². The number of nitrogens with zero attached hydrogens (tertiary/aromatic N) is 1. The molecular formula is C16H22F3NO. The van der Waals surface area contributed by atoms with Gasteiger partial charge in [0, 0.05) is 6.04 Å². The molecule has 21 heavy (non-hydrogen) atoms. The molecule has 0 spiro atoms. The van der Waals surface area contributed by atoms with Crippen molar-refractivity contribution >= 4 is 0 Å². The number of benzene rings is 1. The molecule has 1 aliphatic rings. The minimum Gasteiger partial charge on any atom is -0.391 e. The summed E-state index contributed by atoms with van der Waals surface area (Å²) in [7, 11) is 3.80. The highest BCUT2D eigenvalue weighted by Gasteiger charge is 2.34. The smallest absolute Gasteiger partial charge is 0.391 e. The number of hydrogen-bond acceptors (Lipinski definition) is 2. The van der Waals surface area contributed by atoms with Gasteiger partial charge in [-0.3, -0.25) is 0 Å². The maximum absolute atomic E-state index is 12.9. The third-order valence-electron chi connectivity index (χ3n) is 4.49. The zero-order valence-electron chi connectivity index (χ0n) is 12.6. The molecule has 0 unspecified atom stereocenters. The van der Waals surface area contributed by atoms with Gasteiger partial charge in [-0.1, -0.05) is 6.07 Å². The zero-order chi connectivity index (χ0) is 15.8. The van der Waals surface area contributed by atoms with Crippen LogP contribution < -0.4 is 0 Å². The Labute approximate surface area is 123 Å². The Bertz CT molecular complexity index is 499. The largest absolute Gasteiger partial charge is 0.416 e. The predicted molar refractivity (Wildman–Crippen MR) is 76.3 cm³/mol. The molecular weight excluding hydrogens is 279 g/mol. The summed E-state index contributed by atoms with van der Waals surface area (Å²) in [4.78, 5) is 1.96. The molecule has 0 saturated heterocycles. The second-order valence-corrected chi connectivity index (χ2v) is 6.18. The van der Waals surface area contributed by atoms with Crippen molar-refractivity contribution in [3.8, 4) is 0 Å². The second kappa shape index (κ2) is 5.97. The number of alkyl halides is 3. The van der Waals surface area contributed by atoms with E-state index in [4.69, 9.17) is 0 Å². The van der Waals surface area contributed by atoms with Gasteiger partial charge in [0.05, 0.1) is 11.7 Å². The van der Waals surface area contributed by atoms with Gasteiger partial charge in [-0.05, 0) is 69.5 Å². The Hall–Kier alpha value is -1.07. The lowest BCUT2D eigenvalue weighted by Gasteiger charge is -2.38. The van der Waals surface area contributed by atoms with Crippen molar-refractivity contribution < 1.29 is 18.3 Å². The lowest BCUT2D eigenvalue weighted by atomic mass is 9.78. The van der Waals surface area contributed by atoms with Crippen molar-refractivity contribution in [3.63, 3.8) is 0 Å². The van der Waals surface area contributed by atoms with Crippen molar-refractivity contribution in [3.05, 3.63) is 34.9 Å². The first kappa shape index (κ1) is 16.3. The van der Waals surface area contributed by atoms with Crippen LogP contribution in [0.2, 0.25) is 0 Å². The maximum Gasteiger partial charge on any atom is 0.416 e. The molecule has 0 heterocycles. The van der Waals surface area contributed by atoms with Crippen molar-refractivity contribution in [2.75, 3.05) is 14.1 Å². The van der Waals surface area contributed by atoms with Crippen LogP contribution >= 0.6 is 0 Å². The summed E-state index contributed by atoms with van der Waals surface area (Å²) in [5.41, 5.74) is 1.07. The van der Waals surface area contributed by atoms with Crippen LogP contribution in [0, 0.1) is 6.92 Å². The molecule has 1 N–H and O–H groups in total. The minimum atomic E-state index is -4.31. The number of likely N-dealkylation sites (N-methyl/N-ethyl adjacent to an activating group) is 1. The fourth-order valence-corrected chi connectivity index (χ4v) is 3.22. The molecule has 1 aliphatic carbocycles. The molecule has 1 saturated carbocycles. The Morgan fingerprint density at radius 2 is 1.86 bits per heavy atom. The fraction of sp³-hybridized carbons (Fsp3) is 0.625. The molecule has 1 aromatic rings. The van der Waals surface area contributed by atoms with Crippen LogP contribution in [0.15, 0.2) is 18.2 Å². The Kier molecular flexibility index (Phi) is 4.63. The molecule has 0 aromatic heterocycles. The molecule has 5 heteroatoms. The van der Waals surface area contributed by atoms with Crippen LogP contribution in [0.25, 0.3) is 0 Å². The summed E-state index contributed by atoms with van der Waals surface area (Å²) in [6, 6.07) is 3.97. The monoisotopic (exact) mass is 301 g/mol. The highest BCUT2D eigenvalue weighted by molar-refractivity contribution is 5.35. The van der Waals surface area contributed by atoms with Crippen LogP contribution in [0.1, 0.15) is 41.9 Å². The first-order chi connectivity index (χ1) is 9.70. The molecule has 0 amide bonds. The molecule has 0 bridgehead atoms. The van der Waals surface area contributed by atoms with E-state index in [1.807, 2.05) is 25.9 Å². The van der Waals surface area contributed by atoms with Gasteiger partial charge in [-0.15, -0.1) is 0 Å². The molecule has 2 nitrogen and oxygen atoms in total. The normalized spacial score (nSPS) is 27.1. The molecule has 118 valence electrons. The predicted octanol–water partition coefficient (Wildman–Crippen LogP) is 3.57. The standard InChI is InChI=1S/C16H22F3NO/c1-10-4-6-12(16(17,18)19)9-13(10)11-5-7-15(21)14(8-11)20(2)3/h4,6,9,11,14-15,21H,5,7-8H2,1-3H3/t11-,14-,15-/m0/s1. The van der Waals surface area contributed by atoms with E-state index in [1.54, 1.807) is 6.07 Å². The van der Waals surface area contributed by atoms with Gasteiger partial charge in [0.25, 0.3) is 0 Å². The second-order valence-electron chi connectivity index (χ2n) is 6.18. The average molecular weight is 301 g/mol. The van der Waals surface area contributed by atoms with Gasteiger partial charge in [0.2, 0.25) is 0 Å². The van der Waals surface area contributed by atoms with Gasteiger partial charge in [-0.2, -0.15) is 13.2 Å². The molecule has 0 radical (unpaired) electrons. The van der Waals surface area contributed by atoms with Gasteiger partial charge >= 0.3 is 6.18 Å². The third kappa shape index (κ3) is 3.58. The summed E-state index contributed by atoms with van der Waals surface area (Å²) in [6.07, 6.45) is -2.66. The topological polar surface area (TPSA) is 23.5 Å². The van der Waals surface area contributed by atoms with E-state index < -0.39 is 17.8 Å². The van der Waals surface area contributed by atoms with Gasteiger partial charge in [0.1, 0.15) is 0 Å². The van der Waals surface area contributed by atoms with Crippen LogP contribution in [0.3, 0.4) is 0 Å². The number of aliphatic hydroxyl groups excluding tert-OH is 1. The minimum absolute atomic E-state index is 0.00214. The Morgan fingerprint density at radius 3 is 2.43 bits per heavy atom. The lowest BCUT2D eigenvalue weighted by molar-refractivity contribution is -0.137. The summed E-state index contributed by atoms with van der Waals surface area (Å²) in [6.45, 7) is 1.85. The molecule has 2 rings (SSSR count). The van der Waals surface area contributed by atoms with E-state index in [2.05, 4.69) is 0 Å². The van der Waals surface area contributed by atoms with Crippen LogP contribution in [0.5, 0.6) is 0 Å². The van der Waals surface area contributed by atoms with Crippen molar-refractivity contribution in [2.45, 2.75) is 50.4 Å². The van der Waals surface area contributed by atoms with E-state index in [9.17, 15) is 18.3 Å². The molecule has 1 aromatic carbocycles. The number of aryl methyl sites for hydroxylation is 1. The number of rotatable bonds is 2. The zero-order valence-corrected chi connectivity index (χ0v) is 12.6. The average Bonchev–Trinajstić information content (AvgIpc) is 2.38. The Balaban J connectivity index is 2.29. The number of halogens is 3. The third-order valence-corrected chi connectivity index (χ3v) is 4.49. The summed E-state index contributed by atoms with van der Waals surface area (Å²) >= 11 is 0. The highest BCUT2D eigenvalue weighted by Crippen LogP contribution is 2.39. The lowest BCUT2D eigenvalue weighted by Crippen LogP contribution is -2.43. The van der Waals surface area contributed by atoms with Gasteiger partial charge < -0.3 is 10.0 Å². The van der Waals surface area contributed by atoms with Crippen molar-refractivity contribution in [1.29, 1.82) is 0 Å². The van der Waals surface area contributed by atoms with E-state index in [1.165, 1.54) is 6.07 Å². The molecule has 0 aliphatic heterocycles. The summed E-state index contributed by atoms with van der Waals surface area (Å²) in [5, 5.41) is 10.0. The van der Waals surface area contributed by atoms with Gasteiger partial charge in [-0.25, -0.2) is 0 Å². The van der Waals surface area contributed by atoms with E-state index >= 15 is 0 Å². The van der Waals surface area contributed by atoms with Crippen molar-refractivity contribution in [2.24, 2.45) is 0 Å². The first-order valence-electron chi connectivity index (χ1n) is 7.22. The van der Waals surface area contributed by atoms with Crippen molar-refractivity contribution in [1.82, 2.24) is 4.90 Å². The summed E-state index contributed by atoms with van der Waals surface area (Å²) in [5.74, 6) is 0.0723. The highest BCUT2D eigenvalue weighted by atomic mass is 19.4. The number of hydrogen-bond donors (Lipinski definition) is 1. The fourth-order valence-electron chi connectivity index (χ4n) is 3.22.